The van der Waals surface area contributed by atoms with Crippen molar-refractivity contribution in [3.8, 4) is 237 Å². The fourth-order valence-electron chi connectivity index (χ4n) is 17.4. The minimum atomic E-state index is 0.597. The molecule has 0 unspecified atom stereocenters. The summed E-state index contributed by atoms with van der Waals surface area (Å²) in [5.41, 5.74) is 30.7. The summed E-state index contributed by atoms with van der Waals surface area (Å²) < 4.78 is 0. The molecule has 0 radical (unpaired) electrons. The van der Waals surface area contributed by atoms with Crippen LogP contribution in [-0.2, 0) is 0 Å². The fourth-order valence-corrected chi connectivity index (χ4v) is 17.4. The Balaban J connectivity index is 0.000000160. The van der Waals surface area contributed by atoms with Crippen molar-refractivity contribution in [3.63, 3.8) is 0 Å². The third-order valence-electron chi connectivity index (χ3n) is 24.4. The number of nitrogens with zero attached hydrogens (tertiary/aromatic N) is 12. The van der Waals surface area contributed by atoms with Gasteiger partial charge in [-0.05, 0) is 155 Å². The largest absolute Gasteiger partial charge is 0.208 e. The second kappa shape index (κ2) is 39.3. The first kappa shape index (κ1) is 84.7. The van der Waals surface area contributed by atoms with E-state index >= 15 is 0 Å². The van der Waals surface area contributed by atoms with Gasteiger partial charge in [0.1, 0.15) is 0 Å². The molecule has 0 N–H and O–H groups in total. The minimum Gasteiger partial charge on any atom is -0.208 e. The lowest BCUT2D eigenvalue weighted by Crippen LogP contribution is -2.01. The lowest BCUT2D eigenvalue weighted by molar-refractivity contribution is 1.07. The summed E-state index contributed by atoms with van der Waals surface area (Å²) in [5.74, 6) is 7.41. The average Bonchev–Trinajstić information content (AvgIpc) is 0.810. The van der Waals surface area contributed by atoms with E-state index in [1.807, 2.05) is 206 Å². The maximum Gasteiger partial charge on any atom is 0.164 e. The number of hydrogen-bond donors (Lipinski definition) is 0. The number of benzene rings is 19. The van der Waals surface area contributed by atoms with Crippen molar-refractivity contribution >= 4 is 0 Å². The van der Waals surface area contributed by atoms with Crippen LogP contribution in [0.4, 0.5) is 0 Å². The third-order valence-corrected chi connectivity index (χ3v) is 24.4. The van der Waals surface area contributed by atoms with Gasteiger partial charge in [0.05, 0.1) is 0 Å². The number of aromatic nitrogens is 12. The highest BCUT2D eigenvalue weighted by molar-refractivity contribution is 5.89. The van der Waals surface area contributed by atoms with Crippen molar-refractivity contribution in [2.75, 3.05) is 0 Å². The summed E-state index contributed by atoms with van der Waals surface area (Å²) in [6, 6.07) is 175. The van der Waals surface area contributed by atoms with Gasteiger partial charge in [-0.15, -0.1) is 0 Å². The quantitative estimate of drug-likeness (QED) is 0.0672. The van der Waals surface area contributed by atoms with E-state index in [-0.39, 0.29) is 0 Å². The van der Waals surface area contributed by atoms with Gasteiger partial charge in [0, 0.05) is 66.8 Å². The zero-order valence-corrected chi connectivity index (χ0v) is 74.9. The Hall–Kier alpha value is -18.8. The highest BCUT2D eigenvalue weighted by atomic mass is 15.1. The van der Waals surface area contributed by atoms with E-state index in [2.05, 4.69) is 303 Å². The third kappa shape index (κ3) is 18.9. The molecular weight excluding hydrogens is 1680 g/mol. The van der Waals surface area contributed by atoms with Crippen LogP contribution in [0.25, 0.3) is 237 Å². The van der Waals surface area contributed by atoms with Gasteiger partial charge < -0.3 is 0 Å². The first-order valence-corrected chi connectivity index (χ1v) is 45.9. The molecule has 23 rings (SSSR count). The Kier molecular flexibility index (Phi) is 24.2. The molecule has 648 valence electrons. The zero-order chi connectivity index (χ0) is 92.1. The molecule has 0 bridgehead atoms. The lowest BCUT2D eigenvalue weighted by Gasteiger charge is -2.13. The van der Waals surface area contributed by atoms with Gasteiger partial charge >= 0.3 is 0 Å². The van der Waals surface area contributed by atoms with Crippen LogP contribution in [-0.4, -0.2) is 59.8 Å². The van der Waals surface area contributed by atoms with Gasteiger partial charge in [-0.1, -0.05) is 455 Å². The molecular formula is C126H84N12. The van der Waals surface area contributed by atoms with E-state index in [1.165, 1.54) is 11.1 Å². The van der Waals surface area contributed by atoms with Crippen LogP contribution in [0.15, 0.2) is 510 Å². The van der Waals surface area contributed by atoms with Crippen molar-refractivity contribution in [3.05, 3.63) is 510 Å². The molecule has 0 saturated heterocycles. The van der Waals surface area contributed by atoms with Crippen molar-refractivity contribution in [1.29, 1.82) is 0 Å². The van der Waals surface area contributed by atoms with Gasteiger partial charge in [-0.2, -0.15) is 0 Å². The maximum atomic E-state index is 5.23. The second-order valence-electron chi connectivity index (χ2n) is 33.5. The van der Waals surface area contributed by atoms with E-state index in [9.17, 15) is 0 Å². The van der Waals surface area contributed by atoms with Crippen LogP contribution >= 0.6 is 0 Å². The van der Waals surface area contributed by atoms with Crippen LogP contribution in [0.3, 0.4) is 0 Å². The van der Waals surface area contributed by atoms with E-state index in [0.717, 1.165) is 156 Å². The van der Waals surface area contributed by atoms with E-state index in [1.54, 1.807) is 0 Å². The van der Waals surface area contributed by atoms with E-state index in [4.69, 9.17) is 59.8 Å². The molecule has 4 aromatic heterocycles. The van der Waals surface area contributed by atoms with Crippen molar-refractivity contribution < 1.29 is 0 Å². The number of rotatable bonds is 21. The van der Waals surface area contributed by atoms with Crippen LogP contribution in [0.1, 0.15) is 0 Å². The summed E-state index contributed by atoms with van der Waals surface area (Å²) in [5, 5.41) is 0. The van der Waals surface area contributed by atoms with Crippen molar-refractivity contribution in [1.82, 2.24) is 59.8 Å². The molecule has 0 fully saturated rings. The standard InChI is InChI=1S/C66H44N6.C60H40N6/c1-5-20-45(21-6-1)49-28-17-35-56(42-49)59-38-13-14-39-60(59)66-71-63(48-26-11-4-12-27-48)70-65(72-66)58-37-19-34-55(44-58)53-32-16-30-51(41-53)50-29-15-31-52(40-50)54-33-18-36-57(43-54)64-68-61(46-22-7-2-8-23-46)67-62(69-64)47-24-9-3-10-25-47;1-5-19-41(20-6-1)45-27-16-32-50(38-45)53-35-13-14-36-54(53)60-65-57(44-25-11-4-12-26-44)64-59(66-60)52-34-18-31-49(40-52)47-29-15-28-46(37-47)48-30-17-33-51(39-48)58-62-55(42-21-7-2-8-22-42)61-56(63-58)43-23-9-3-10-24-43/h1-44H;1-40H. The Labute approximate surface area is 800 Å². The molecule has 19 aromatic carbocycles. The monoisotopic (exact) mass is 1760 g/mol. The molecule has 23 aromatic rings. The Morgan fingerprint density at radius 1 is 0.0725 bits per heavy atom. The molecule has 0 amide bonds. The van der Waals surface area contributed by atoms with Crippen LogP contribution < -0.4 is 0 Å². The smallest absolute Gasteiger partial charge is 0.164 e. The van der Waals surface area contributed by atoms with E-state index in [0.29, 0.717) is 69.9 Å². The van der Waals surface area contributed by atoms with Gasteiger partial charge in [0.25, 0.3) is 0 Å². The molecule has 0 atom stereocenters. The summed E-state index contributed by atoms with van der Waals surface area (Å²) in [6.45, 7) is 0. The fraction of sp³-hybridized carbons (Fsp3) is 0. The molecule has 0 aliphatic carbocycles. The van der Waals surface area contributed by atoms with Gasteiger partial charge in [-0.25, -0.2) is 59.8 Å². The van der Waals surface area contributed by atoms with Crippen LogP contribution in [0.2, 0.25) is 0 Å². The minimum absolute atomic E-state index is 0.597. The molecule has 0 aliphatic heterocycles. The Bertz CT molecular complexity index is 8190. The molecule has 4 heterocycles. The summed E-state index contributed by atoms with van der Waals surface area (Å²) in [7, 11) is 0. The predicted molar refractivity (Wildman–Crippen MR) is 561 cm³/mol. The van der Waals surface area contributed by atoms with Crippen molar-refractivity contribution in [2.45, 2.75) is 0 Å². The Morgan fingerprint density at radius 2 is 0.188 bits per heavy atom. The highest BCUT2D eigenvalue weighted by Gasteiger charge is 2.23. The molecule has 0 spiro atoms. The number of hydrogen-bond acceptors (Lipinski definition) is 12. The first-order chi connectivity index (χ1) is 68.3. The van der Waals surface area contributed by atoms with Crippen LogP contribution in [0.5, 0.6) is 0 Å². The normalized spacial score (nSPS) is 11.0. The van der Waals surface area contributed by atoms with Gasteiger partial charge in [-0.3, -0.25) is 0 Å². The zero-order valence-electron chi connectivity index (χ0n) is 74.9. The summed E-state index contributed by atoms with van der Waals surface area (Å²) >= 11 is 0. The van der Waals surface area contributed by atoms with Gasteiger partial charge in [0.2, 0.25) is 0 Å². The van der Waals surface area contributed by atoms with E-state index < -0.39 is 0 Å². The van der Waals surface area contributed by atoms with Crippen molar-refractivity contribution in [2.24, 2.45) is 0 Å². The SMILES string of the molecule is c1ccc(-c2cccc(-c3ccccc3-c3nc(-c4ccccc4)nc(-c4cccc(-c5cccc(-c6cccc(-c7cccc(-c8nc(-c9ccccc9)nc(-c9ccccc9)n8)c7)c6)c5)c4)n3)c2)cc1.c1ccc(-c2cccc(-c3ccccc3-c3nc(-c4ccccc4)nc(-c4cccc(-c5cccc(-c6cccc(-c7nc(-c8ccccc8)nc(-c8ccccc8)n7)c6)c5)c4)n3)c2)cc1. The molecule has 0 saturated carbocycles. The topological polar surface area (TPSA) is 155 Å². The highest BCUT2D eigenvalue weighted by Crippen LogP contribution is 2.42. The molecule has 0 aliphatic rings. The molecule has 12 nitrogen and oxygen atoms in total. The average molecular weight is 1770 g/mol. The first-order valence-electron chi connectivity index (χ1n) is 45.9. The second-order valence-corrected chi connectivity index (χ2v) is 33.5. The lowest BCUT2D eigenvalue weighted by atomic mass is 9.95. The predicted octanol–water partition coefficient (Wildman–Crippen LogP) is 31.1. The summed E-state index contributed by atoms with van der Waals surface area (Å²) in [6.07, 6.45) is 0. The Morgan fingerprint density at radius 3 is 0.384 bits per heavy atom. The van der Waals surface area contributed by atoms with Crippen LogP contribution in [0, 0.1) is 0 Å². The maximum absolute atomic E-state index is 5.23. The molecule has 12 heteroatoms. The van der Waals surface area contributed by atoms with Gasteiger partial charge in [0.15, 0.2) is 69.9 Å². The summed E-state index contributed by atoms with van der Waals surface area (Å²) in [4.78, 5) is 60.7. The molecule has 138 heavy (non-hydrogen) atoms.